The van der Waals surface area contributed by atoms with E-state index in [1.165, 1.54) is 29.5 Å². The van der Waals surface area contributed by atoms with Crippen LogP contribution >= 0.6 is 54.8 Å². The third-order valence-electron chi connectivity index (χ3n) is 12.4. The lowest BCUT2D eigenvalue weighted by Crippen LogP contribution is -2.40. The van der Waals surface area contributed by atoms with Crippen LogP contribution in [0.25, 0.3) is 10.4 Å². The van der Waals surface area contributed by atoms with Crippen LogP contribution in [0.1, 0.15) is 154 Å². The lowest BCUT2D eigenvalue weighted by Gasteiger charge is -2.27. The first-order chi connectivity index (χ1) is 39.2. The summed E-state index contributed by atoms with van der Waals surface area (Å²) in [5.41, 5.74) is 0.907. The molecule has 0 unspecified atom stereocenters. The van der Waals surface area contributed by atoms with Gasteiger partial charge in [-0.2, -0.15) is 8.78 Å². The number of hydrogen-bond acceptors (Lipinski definition) is 14. The third kappa shape index (κ3) is 22.5. The number of amides is 6. The zero-order valence-electron chi connectivity index (χ0n) is 48.8. The minimum atomic E-state index is -4.13. The number of carbonyl (C=O) groups is 4. The van der Waals surface area contributed by atoms with Crippen molar-refractivity contribution < 1.29 is 54.3 Å². The van der Waals surface area contributed by atoms with Gasteiger partial charge in [0.1, 0.15) is 8.79 Å². The van der Waals surface area contributed by atoms with Crippen molar-refractivity contribution in [3.05, 3.63) is 104 Å². The maximum absolute atomic E-state index is 15.4. The van der Waals surface area contributed by atoms with Gasteiger partial charge in [-0.25, -0.2) is 55.4 Å². The molecule has 0 bridgehead atoms. The summed E-state index contributed by atoms with van der Waals surface area (Å²) in [6, 6.07) is 17.5. The van der Waals surface area contributed by atoms with Gasteiger partial charge in [0.15, 0.2) is 0 Å². The molecule has 20 nitrogen and oxygen atoms in total. The lowest BCUT2D eigenvalue weighted by atomic mass is 9.86. The molecule has 6 amide bonds. The van der Waals surface area contributed by atoms with Gasteiger partial charge in [-0.3, -0.25) is 4.34 Å². The molecule has 2 saturated carbocycles. The molecule has 28 heteroatoms. The van der Waals surface area contributed by atoms with E-state index in [4.69, 9.17) is 9.47 Å². The molecule has 462 valence electrons. The Balaban J connectivity index is 0.000000266. The number of sulfonamides is 2. The van der Waals surface area contributed by atoms with Gasteiger partial charge < -0.3 is 36.1 Å². The van der Waals surface area contributed by atoms with E-state index in [-0.39, 0.29) is 68.8 Å². The molecular formula is C56H76Br2F2N10O10S4. The van der Waals surface area contributed by atoms with Crippen molar-refractivity contribution in [3.63, 3.8) is 0 Å². The number of ether oxygens (including phenoxy) is 2. The fourth-order valence-corrected chi connectivity index (χ4v) is 15.0. The summed E-state index contributed by atoms with van der Waals surface area (Å²) in [7, 11) is -7.78. The van der Waals surface area contributed by atoms with Crippen molar-refractivity contribution in [1.82, 2.24) is 39.7 Å². The van der Waals surface area contributed by atoms with Crippen molar-refractivity contribution in [2.24, 2.45) is 0 Å². The summed E-state index contributed by atoms with van der Waals surface area (Å²) in [5, 5.41) is 15.1. The number of aryl methyl sites for hydroxylation is 1. The van der Waals surface area contributed by atoms with Crippen LogP contribution < -0.4 is 40.4 Å². The number of benzene rings is 3. The van der Waals surface area contributed by atoms with Crippen LogP contribution in [0.5, 0.6) is 0 Å². The normalized spacial score (nSPS) is 17.3. The van der Waals surface area contributed by atoms with E-state index in [9.17, 15) is 40.4 Å². The van der Waals surface area contributed by atoms with Crippen molar-refractivity contribution >= 4 is 110 Å². The van der Waals surface area contributed by atoms with Crippen molar-refractivity contribution in [3.8, 4) is 10.4 Å². The van der Waals surface area contributed by atoms with Crippen LogP contribution in [0, 0.1) is 18.8 Å². The predicted molar refractivity (Wildman–Crippen MR) is 331 cm³/mol. The first-order valence-corrected chi connectivity index (χ1v) is 33.4. The highest BCUT2D eigenvalue weighted by atomic mass is 79.9. The quantitative estimate of drug-likeness (QED) is 0.0455. The average molecular weight is 1380 g/mol. The molecule has 3 aromatic carbocycles. The Morgan fingerprint density at radius 3 is 1.56 bits per heavy atom. The van der Waals surface area contributed by atoms with Crippen molar-refractivity contribution in [2.45, 2.75) is 191 Å². The fourth-order valence-electron chi connectivity index (χ4n) is 8.93. The second-order valence-electron chi connectivity index (χ2n) is 22.8. The Labute approximate surface area is 516 Å². The van der Waals surface area contributed by atoms with Gasteiger partial charge in [0.05, 0.1) is 48.0 Å². The number of aromatic nitrogens is 2. The molecule has 2 heterocycles. The van der Waals surface area contributed by atoms with Crippen molar-refractivity contribution in [2.75, 3.05) is 10.6 Å². The SMILES string of the molecule is CC(C)OC(=O)NC1CCC(c2nc(F)c(-c3ccc(NC(=O)NCc4ccccc4)cc3S(=O)(=O)NC(C)(C)C)s2)CC1.CC(C)OC(=O)NC1CCC(c2nc(F)c(Br)s2)CC1.Cc1ccc(NC(=O)NBr)cc1S(=O)(=O)NC(C)(C)C. The molecule has 0 spiro atoms. The highest BCUT2D eigenvalue weighted by Gasteiger charge is 2.32. The monoisotopic (exact) mass is 1370 g/mol. The second kappa shape index (κ2) is 30.8. The standard InChI is InChI=1S/C31H40FN5O5S2.C13H18BrFN2O2S.C12H18BrN3O3S/c1-19(2)42-30(39)35-22-13-11-21(12-14-22)28-36-27(32)26(43-28)24-16-15-23(17-25(24)44(40,41)37-31(3,4)5)34-29(38)33-18-20-9-7-6-8-10-20;1-7(2)19-13(18)16-9-5-3-8(4-6-9)12-17-11(15)10(14)20-12;1-8-5-6-9(14-11(17)15-13)7-10(8)20(18,19)16-12(2,3)4/h6-10,15-17,19,21-22,37H,11-14,18H2,1-5H3,(H,35,39)(H2,33,34,38);7-9H,3-6H2,1-2H3,(H,16,18);5-7,16H,1-4H3,(H2,14,15,17). The van der Waals surface area contributed by atoms with Gasteiger partial charge in [0.25, 0.3) is 0 Å². The van der Waals surface area contributed by atoms with E-state index >= 15 is 4.39 Å². The molecule has 2 aromatic heterocycles. The van der Waals surface area contributed by atoms with E-state index < -0.39 is 61.2 Å². The molecule has 5 aromatic rings. The number of rotatable bonds is 15. The van der Waals surface area contributed by atoms with E-state index in [1.807, 2.05) is 44.2 Å². The Bertz CT molecular complexity index is 3250. The number of alkyl carbamates (subject to hydrolysis) is 2. The summed E-state index contributed by atoms with van der Waals surface area (Å²) in [5.74, 6) is -0.908. The summed E-state index contributed by atoms with van der Waals surface area (Å²) in [6.45, 7) is 19.6. The van der Waals surface area contributed by atoms with Crippen molar-refractivity contribution in [1.29, 1.82) is 0 Å². The van der Waals surface area contributed by atoms with E-state index in [0.717, 1.165) is 47.6 Å². The number of halogens is 4. The van der Waals surface area contributed by atoms with Crippen LogP contribution in [-0.2, 0) is 36.1 Å². The number of carbonyl (C=O) groups excluding carboxylic acids is 4. The summed E-state index contributed by atoms with van der Waals surface area (Å²) in [6.07, 6.45) is 5.20. The Morgan fingerprint density at radius 2 is 1.10 bits per heavy atom. The van der Waals surface area contributed by atoms with Gasteiger partial charge in [-0.15, -0.1) is 22.7 Å². The topological polar surface area (TPSA) is 277 Å². The molecule has 2 aliphatic carbocycles. The van der Waals surface area contributed by atoms with E-state index in [2.05, 4.69) is 82.4 Å². The van der Waals surface area contributed by atoms with Crippen LogP contribution in [0.15, 0.2) is 80.3 Å². The minimum Gasteiger partial charge on any atom is -0.447 e. The number of urea groups is 2. The van der Waals surface area contributed by atoms with Crippen LogP contribution in [-0.4, -0.2) is 86.4 Å². The number of thiazole rings is 2. The second-order valence-corrected chi connectivity index (χ2v) is 29.9. The van der Waals surface area contributed by atoms with Gasteiger partial charge in [0.2, 0.25) is 31.9 Å². The summed E-state index contributed by atoms with van der Waals surface area (Å²) in [4.78, 5) is 55.6. The molecule has 2 aliphatic rings. The largest absolute Gasteiger partial charge is 0.447 e. The summed E-state index contributed by atoms with van der Waals surface area (Å²) < 4.78 is 98.6. The molecule has 0 atom stereocenters. The minimum absolute atomic E-state index is 0.0237. The van der Waals surface area contributed by atoms with Crippen LogP contribution in [0.4, 0.5) is 39.3 Å². The predicted octanol–water partition coefficient (Wildman–Crippen LogP) is 13.2. The number of nitrogens with one attached hydrogen (secondary N) is 8. The maximum atomic E-state index is 15.4. The van der Waals surface area contributed by atoms with Crippen LogP contribution in [0.3, 0.4) is 0 Å². The molecule has 7 rings (SSSR count). The first kappa shape index (κ1) is 69.4. The van der Waals surface area contributed by atoms with Gasteiger partial charge in [-0.1, -0.05) is 36.4 Å². The Hall–Kier alpha value is -5.36. The number of nitrogens with zero attached hydrogens (tertiary/aromatic N) is 2. The van der Waals surface area contributed by atoms with Gasteiger partial charge in [0, 0.05) is 58.5 Å². The zero-order valence-corrected chi connectivity index (χ0v) is 55.2. The zero-order chi connectivity index (χ0) is 62.3. The molecule has 0 saturated heterocycles. The van der Waals surface area contributed by atoms with E-state index in [1.54, 1.807) is 80.5 Å². The lowest BCUT2D eigenvalue weighted by molar-refractivity contribution is 0.108. The molecule has 8 N–H and O–H groups in total. The average Bonchev–Trinajstić information content (AvgIpc) is 3.20. The number of anilines is 2. The summed E-state index contributed by atoms with van der Waals surface area (Å²) >= 11 is 8.44. The Morgan fingerprint density at radius 1 is 0.643 bits per heavy atom. The molecule has 0 aliphatic heterocycles. The molecular weight excluding hydrogens is 1300 g/mol. The maximum Gasteiger partial charge on any atom is 0.407 e. The molecule has 0 radical (unpaired) electrons. The highest BCUT2D eigenvalue weighted by Crippen LogP contribution is 2.42. The highest BCUT2D eigenvalue weighted by molar-refractivity contribution is 9.11. The van der Waals surface area contributed by atoms with Gasteiger partial charge in [-0.05, 0) is 185 Å². The Kier molecular flexibility index (Phi) is 25.5. The molecule has 2 fully saturated rings. The smallest absolute Gasteiger partial charge is 0.407 e. The third-order valence-corrected chi connectivity index (χ3v) is 19.5. The fraction of sp³-hybridized carbons (Fsp3) is 0.500. The number of hydrogen-bond donors (Lipinski definition) is 8. The van der Waals surface area contributed by atoms with Gasteiger partial charge >= 0.3 is 24.2 Å². The first-order valence-electron chi connectivity index (χ1n) is 27.2. The van der Waals surface area contributed by atoms with Crippen LogP contribution in [0.2, 0.25) is 0 Å². The van der Waals surface area contributed by atoms with E-state index in [0.29, 0.717) is 51.6 Å². The molecule has 84 heavy (non-hydrogen) atoms.